The molecule has 0 aliphatic carbocycles. The summed E-state index contributed by atoms with van der Waals surface area (Å²) in [6, 6.07) is 15.4. The minimum absolute atomic E-state index is 0.529. The molecule has 0 radical (unpaired) electrons. The molecule has 2 aromatic rings. The number of benzene rings is 1. The van der Waals surface area contributed by atoms with E-state index in [0.29, 0.717) is 12.1 Å². The van der Waals surface area contributed by atoms with Crippen LogP contribution in [0.3, 0.4) is 0 Å². The number of aromatic nitrogens is 2. The van der Waals surface area contributed by atoms with Gasteiger partial charge < -0.3 is 4.90 Å². The van der Waals surface area contributed by atoms with E-state index in [2.05, 4.69) is 38.2 Å². The van der Waals surface area contributed by atoms with Crippen LogP contribution in [0.5, 0.6) is 0 Å². The molecular formula is C19H21N5. The largest absolute Gasteiger partial charge is 0.350 e. The molecular weight excluding hydrogens is 298 g/mol. The molecule has 0 saturated carbocycles. The van der Waals surface area contributed by atoms with Crippen LogP contribution in [-0.4, -0.2) is 40.3 Å². The minimum Gasteiger partial charge on any atom is -0.350 e. The standard InChI is InChI=1S/C19H21N5/c1-14-5-6-19(22-21-14)24-10-8-17-18(24)7-9-23(17)13-16-4-2-3-15(11-16)12-20/h2-6,11,17-18H,7-10,13H2,1H3/t17-,18+/m1/s1. The maximum atomic E-state index is 9.07. The van der Waals surface area contributed by atoms with Crippen molar-refractivity contribution in [2.75, 3.05) is 18.0 Å². The predicted molar refractivity (Wildman–Crippen MR) is 92.5 cm³/mol. The second kappa shape index (κ2) is 6.21. The summed E-state index contributed by atoms with van der Waals surface area (Å²) in [5.41, 5.74) is 2.93. The van der Waals surface area contributed by atoms with Crippen LogP contribution in [-0.2, 0) is 6.54 Å². The van der Waals surface area contributed by atoms with E-state index < -0.39 is 0 Å². The third-order valence-electron chi connectivity index (χ3n) is 5.21. The van der Waals surface area contributed by atoms with Crippen molar-refractivity contribution in [3.05, 3.63) is 53.2 Å². The molecule has 5 nitrogen and oxygen atoms in total. The quantitative estimate of drug-likeness (QED) is 0.870. The Kier molecular flexibility index (Phi) is 3.91. The predicted octanol–water partition coefficient (Wildman–Crippen LogP) is 2.51. The zero-order chi connectivity index (χ0) is 16.5. The average molecular weight is 319 g/mol. The van der Waals surface area contributed by atoms with E-state index in [9.17, 15) is 0 Å². The Hall–Kier alpha value is -2.45. The first-order valence-corrected chi connectivity index (χ1v) is 8.54. The first-order valence-electron chi connectivity index (χ1n) is 8.54. The third kappa shape index (κ3) is 2.74. The summed E-state index contributed by atoms with van der Waals surface area (Å²) >= 11 is 0. The van der Waals surface area contributed by atoms with Gasteiger partial charge in [0, 0.05) is 31.7 Å². The number of likely N-dealkylation sites (tertiary alicyclic amines) is 1. The zero-order valence-electron chi connectivity index (χ0n) is 13.9. The molecule has 122 valence electrons. The Morgan fingerprint density at radius 2 is 2.00 bits per heavy atom. The molecule has 2 aliphatic heterocycles. The number of aryl methyl sites for hydroxylation is 1. The first-order chi connectivity index (χ1) is 11.7. The Bertz CT molecular complexity index is 764. The summed E-state index contributed by atoms with van der Waals surface area (Å²) in [5, 5.41) is 17.7. The van der Waals surface area contributed by atoms with Crippen molar-refractivity contribution in [2.24, 2.45) is 0 Å². The van der Waals surface area contributed by atoms with E-state index in [4.69, 9.17) is 5.26 Å². The van der Waals surface area contributed by atoms with Crippen molar-refractivity contribution >= 4 is 5.82 Å². The van der Waals surface area contributed by atoms with Crippen molar-refractivity contribution in [3.8, 4) is 6.07 Å². The van der Waals surface area contributed by atoms with E-state index in [1.165, 1.54) is 5.56 Å². The van der Waals surface area contributed by atoms with E-state index in [1.807, 2.05) is 31.2 Å². The number of rotatable bonds is 3. The van der Waals surface area contributed by atoms with Gasteiger partial charge in [-0.3, -0.25) is 4.90 Å². The van der Waals surface area contributed by atoms with Crippen LogP contribution >= 0.6 is 0 Å². The van der Waals surface area contributed by atoms with Crippen molar-refractivity contribution in [2.45, 2.75) is 38.4 Å². The molecule has 2 aliphatic rings. The summed E-state index contributed by atoms with van der Waals surface area (Å²) in [6.07, 6.45) is 2.33. The van der Waals surface area contributed by atoms with E-state index in [1.54, 1.807) is 0 Å². The molecule has 3 heterocycles. The smallest absolute Gasteiger partial charge is 0.151 e. The minimum atomic E-state index is 0.529. The maximum absolute atomic E-state index is 9.07. The highest BCUT2D eigenvalue weighted by Gasteiger charge is 2.42. The fourth-order valence-electron chi connectivity index (χ4n) is 4.07. The van der Waals surface area contributed by atoms with Gasteiger partial charge in [-0.15, -0.1) is 5.10 Å². The van der Waals surface area contributed by atoms with Gasteiger partial charge in [0.05, 0.1) is 17.3 Å². The van der Waals surface area contributed by atoms with E-state index in [-0.39, 0.29) is 0 Å². The van der Waals surface area contributed by atoms with Crippen LogP contribution in [0.4, 0.5) is 5.82 Å². The van der Waals surface area contributed by atoms with Crippen molar-refractivity contribution < 1.29 is 0 Å². The third-order valence-corrected chi connectivity index (χ3v) is 5.21. The SMILES string of the molecule is Cc1ccc(N2CC[C@@H]3[C@@H]2CCN3Cc2cccc(C#N)c2)nn1. The number of anilines is 1. The molecule has 0 spiro atoms. The Balaban J connectivity index is 1.48. The van der Waals surface area contributed by atoms with Crippen LogP contribution in [0, 0.1) is 18.3 Å². The fraction of sp³-hybridized carbons (Fsp3) is 0.421. The Morgan fingerprint density at radius 3 is 2.79 bits per heavy atom. The van der Waals surface area contributed by atoms with Crippen LogP contribution in [0.1, 0.15) is 29.7 Å². The summed E-state index contributed by atoms with van der Waals surface area (Å²) in [5.74, 6) is 1.00. The van der Waals surface area contributed by atoms with Crippen molar-refractivity contribution in [3.63, 3.8) is 0 Å². The average Bonchev–Trinajstić information content (AvgIpc) is 3.19. The maximum Gasteiger partial charge on any atom is 0.151 e. The van der Waals surface area contributed by atoms with Crippen molar-refractivity contribution in [1.82, 2.24) is 15.1 Å². The van der Waals surface area contributed by atoms with Gasteiger partial charge in [0.15, 0.2) is 5.82 Å². The Morgan fingerprint density at radius 1 is 1.12 bits per heavy atom. The molecule has 2 saturated heterocycles. The lowest BCUT2D eigenvalue weighted by molar-refractivity contribution is 0.246. The van der Waals surface area contributed by atoms with Crippen LogP contribution in [0.25, 0.3) is 0 Å². The lowest BCUT2D eigenvalue weighted by atomic mass is 10.1. The van der Waals surface area contributed by atoms with Gasteiger partial charge in [0.1, 0.15) is 0 Å². The molecule has 0 unspecified atom stereocenters. The molecule has 5 heteroatoms. The lowest BCUT2D eigenvalue weighted by Crippen LogP contribution is -2.36. The first kappa shape index (κ1) is 15.1. The molecule has 2 fully saturated rings. The molecule has 0 amide bonds. The monoisotopic (exact) mass is 319 g/mol. The van der Waals surface area contributed by atoms with Gasteiger partial charge in [0.25, 0.3) is 0 Å². The second-order valence-electron chi connectivity index (χ2n) is 6.72. The second-order valence-corrected chi connectivity index (χ2v) is 6.72. The van der Waals surface area contributed by atoms with Crippen molar-refractivity contribution in [1.29, 1.82) is 5.26 Å². The summed E-state index contributed by atoms with van der Waals surface area (Å²) in [4.78, 5) is 4.98. The number of hydrogen-bond donors (Lipinski definition) is 0. The zero-order valence-corrected chi connectivity index (χ0v) is 13.9. The molecule has 2 atom stereocenters. The van der Waals surface area contributed by atoms with Gasteiger partial charge in [-0.25, -0.2) is 0 Å². The molecule has 1 aromatic heterocycles. The molecule has 24 heavy (non-hydrogen) atoms. The molecule has 4 rings (SSSR count). The molecule has 0 bridgehead atoms. The van der Waals surface area contributed by atoms with E-state index in [0.717, 1.165) is 49.6 Å². The topological polar surface area (TPSA) is 56.0 Å². The highest BCUT2D eigenvalue weighted by atomic mass is 15.4. The normalized spacial score (nSPS) is 23.2. The Labute approximate surface area is 142 Å². The lowest BCUT2D eigenvalue weighted by Gasteiger charge is -2.26. The number of nitrogens with zero attached hydrogens (tertiary/aromatic N) is 5. The van der Waals surface area contributed by atoms with Gasteiger partial charge >= 0.3 is 0 Å². The summed E-state index contributed by atoms with van der Waals surface area (Å²) in [6.45, 7) is 5.03. The number of nitriles is 1. The van der Waals surface area contributed by atoms with Gasteiger partial charge in [0.2, 0.25) is 0 Å². The van der Waals surface area contributed by atoms with Crippen LogP contribution in [0.2, 0.25) is 0 Å². The van der Waals surface area contributed by atoms with Crippen LogP contribution in [0.15, 0.2) is 36.4 Å². The fourth-order valence-corrected chi connectivity index (χ4v) is 4.07. The van der Waals surface area contributed by atoms with Crippen LogP contribution < -0.4 is 4.90 Å². The highest BCUT2D eigenvalue weighted by Crippen LogP contribution is 2.34. The number of fused-ring (bicyclic) bond motifs is 1. The van der Waals surface area contributed by atoms with Gasteiger partial charge in [-0.2, -0.15) is 10.4 Å². The highest BCUT2D eigenvalue weighted by molar-refractivity contribution is 5.42. The summed E-state index contributed by atoms with van der Waals surface area (Å²) < 4.78 is 0. The molecule has 1 aromatic carbocycles. The van der Waals surface area contributed by atoms with Gasteiger partial charge in [-0.1, -0.05) is 12.1 Å². The van der Waals surface area contributed by atoms with Gasteiger partial charge in [-0.05, 0) is 49.6 Å². The number of hydrogen-bond acceptors (Lipinski definition) is 5. The summed E-state index contributed by atoms with van der Waals surface area (Å²) in [7, 11) is 0. The molecule has 0 N–H and O–H groups in total. The van der Waals surface area contributed by atoms with E-state index >= 15 is 0 Å².